The predicted octanol–water partition coefficient (Wildman–Crippen LogP) is 0.872. The topological polar surface area (TPSA) is 83.5 Å². The summed E-state index contributed by atoms with van der Waals surface area (Å²) < 4.78 is 35.1. The van der Waals surface area contributed by atoms with Gasteiger partial charge in [-0.05, 0) is 18.2 Å². The summed E-state index contributed by atoms with van der Waals surface area (Å²) in [6.45, 7) is -0.730. The summed E-state index contributed by atoms with van der Waals surface area (Å²) in [5.74, 6) is 0.378. The van der Waals surface area contributed by atoms with E-state index < -0.39 is 16.7 Å². The molecule has 0 aliphatic rings. The van der Waals surface area contributed by atoms with Crippen LogP contribution in [0.5, 0.6) is 5.75 Å². The van der Waals surface area contributed by atoms with Crippen LogP contribution in [0.15, 0.2) is 23.1 Å². The quantitative estimate of drug-likeness (QED) is 0.761. The molecule has 1 aromatic rings. The Hall–Kier alpha value is -1.11. The van der Waals surface area contributed by atoms with E-state index in [0.29, 0.717) is 5.75 Å². The number of methoxy groups -OCH3 is 1. The standard InChI is InChI=1S/C8H9O5S/c1-13-7-2-3-8(14(10,11)12)6(4-7)5-9/h2-4H,5H2,1H3,(H,10,11,12). The van der Waals surface area contributed by atoms with Gasteiger partial charge in [-0.1, -0.05) is 0 Å². The molecule has 0 aromatic heterocycles. The van der Waals surface area contributed by atoms with Gasteiger partial charge in [-0.2, -0.15) is 8.42 Å². The van der Waals surface area contributed by atoms with Gasteiger partial charge >= 0.3 is 0 Å². The average molecular weight is 217 g/mol. The summed E-state index contributed by atoms with van der Waals surface area (Å²) in [6, 6.07) is 3.79. The third-order valence-electron chi connectivity index (χ3n) is 1.70. The zero-order valence-electron chi connectivity index (χ0n) is 7.43. The molecule has 1 N–H and O–H groups in total. The fourth-order valence-corrected chi connectivity index (χ4v) is 1.74. The van der Waals surface area contributed by atoms with Crippen molar-refractivity contribution >= 4 is 10.1 Å². The molecule has 77 valence electrons. The van der Waals surface area contributed by atoms with E-state index in [0.717, 1.165) is 6.07 Å². The molecule has 0 bridgehead atoms. The smallest absolute Gasteiger partial charge is 0.294 e. The maximum atomic E-state index is 10.8. The van der Waals surface area contributed by atoms with Crippen LogP contribution in [0.4, 0.5) is 0 Å². The zero-order valence-corrected chi connectivity index (χ0v) is 8.24. The number of ether oxygens (including phenoxy) is 1. The molecule has 14 heavy (non-hydrogen) atoms. The highest BCUT2D eigenvalue weighted by molar-refractivity contribution is 7.85. The van der Waals surface area contributed by atoms with Crippen molar-refractivity contribution < 1.29 is 22.8 Å². The third kappa shape index (κ3) is 2.22. The van der Waals surface area contributed by atoms with Gasteiger partial charge < -0.3 is 4.74 Å². The molecule has 5 nitrogen and oxygen atoms in total. The zero-order chi connectivity index (χ0) is 10.8. The van der Waals surface area contributed by atoms with Crippen LogP contribution in [-0.2, 0) is 21.8 Å². The normalized spacial score (nSPS) is 11.4. The number of benzene rings is 1. The van der Waals surface area contributed by atoms with Crippen molar-refractivity contribution in [2.45, 2.75) is 11.5 Å². The molecule has 0 saturated carbocycles. The number of rotatable bonds is 3. The monoisotopic (exact) mass is 217 g/mol. The van der Waals surface area contributed by atoms with Crippen molar-refractivity contribution in [2.24, 2.45) is 0 Å². The van der Waals surface area contributed by atoms with E-state index in [2.05, 4.69) is 0 Å². The molecule has 0 spiro atoms. The second kappa shape index (κ2) is 3.95. The Morgan fingerprint density at radius 1 is 1.43 bits per heavy atom. The summed E-state index contributed by atoms with van der Waals surface area (Å²) in [4.78, 5) is -0.367. The molecule has 0 amide bonds. The van der Waals surface area contributed by atoms with Crippen molar-refractivity contribution in [3.05, 3.63) is 23.8 Å². The Bertz CT molecular complexity index is 423. The Morgan fingerprint density at radius 3 is 2.50 bits per heavy atom. The van der Waals surface area contributed by atoms with E-state index in [1.165, 1.54) is 19.2 Å². The fourth-order valence-electron chi connectivity index (χ4n) is 1.05. The molecule has 1 rings (SSSR count). The summed E-state index contributed by atoms with van der Waals surface area (Å²) >= 11 is 0. The van der Waals surface area contributed by atoms with Crippen molar-refractivity contribution in [3.63, 3.8) is 0 Å². The van der Waals surface area contributed by atoms with E-state index >= 15 is 0 Å². The molecule has 6 heteroatoms. The van der Waals surface area contributed by atoms with Crippen molar-refractivity contribution in [1.82, 2.24) is 0 Å². The lowest BCUT2D eigenvalue weighted by Gasteiger charge is -2.05. The van der Waals surface area contributed by atoms with E-state index in [9.17, 15) is 13.5 Å². The molecule has 0 saturated heterocycles. The van der Waals surface area contributed by atoms with E-state index in [-0.39, 0.29) is 10.5 Å². The van der Waals surface area contributed by atoms with Crippen LogP contribution in [0.2, 0.25) is 0 Å². The van der Waals surface area contributed by atoms with Crippen LogP contribution in [-0.4, -0.2) is 20.1 Å². The molecule has 0 unspecified atom stereocenters. The first-order chi connectivity index (χ1) is 6.49. The van der Waals surface area contributed by atoms with Crippen molar-refractivity contribution in [1.29, 1.82) is 0 Å². The maximum absolute atomic E-state index is 10.8. The van der Waals surface area contributed by atoms with Gasteiger partial charge in [0.05, 0.1) is 12.0 Å². The minimum absolute atomic E-state index is 0.00755. The molecule has 0 aliphatic carbocycles. The van der Waals surface area contributed by atoms with Crippen LogP contribution >= 0.6 is 0 Å². The summed E-state index contributed by atoms with van der Waals surface area (Å²) in [5, 5.41) is 10.6. The van der Waals surface area contributed by atoms with Gasteiger partial charge in [-0.25, -0.2) is 5.11 Å². The van der Waals surface area contributed by atoms with E-state index in [4.69, 9.17) is 9.29 Å². The molecule has 0 heterocycles. The fraction of sp³-hybridized carbons (Fsp3) is 0.250. The van der Waals surface area contributed by atoms with Gasteiger partial charge in [0, 0.05) is 5.56 Å². The maximum Gasteiger partial charge on any atom is 0.294 e. The van der Waals surface area contributed by atoms with Crippen LogP contribution < -0.4 is 4.74 Å². The highest BCUT2D eigenvalue weighted by atomic mass is 32.2. The highest BCUT2D eigenvalue weighted by Gasteiger charge is 2.15. The molecule has 1 aromatic carbocycles. The molecule has 0 fully saturated rings. The van der Waals surface area contributed by atoms with Gasteiger partial charge in [-0.15, -0.1) is 0 Å². The second-order valence-corrected chi connectivity index (χ2v) is 3.98. The first kappa shape index (κ1) is 11.0. The number of hydrogen-bond acceptors (Lipinski definition) is 3. The Balaban J connectivity index is 3.33. The first-order valence-electron chi connectivity index (χ1n) is 3.71. The van der Waals surface area contributed by atoms with Gasteiger partial charge in [0.1, 0.15) is 12.4 Å². The van der Waals surface area contributed by atoms with Gasteiger partial charge in [0.15, 0.2) is 0 Å². The largest absolute Gasteiger partial charge is 0.497 e. The van der Waals surface area contributed by atoms with Crippen LogP contribution in [0.25, 0.3) is 0 Å². The molecule has 1 radical (unpaired) electrons. The summed E-state index contributed by atoms with van der Waals surface area (Å²) in [5.41, 5.74) is -0.00755. The van der Waals surface area contributed by atoms with Crippen molar-refractivity contribution in [2.75, 3.05) is 7.11 Å². The highest BCUT2D eigenvalue weighted by Crippen LogP contribution is 2.21. The van der Waals surface area contributed by atoms with Gasteiger partial charge in [0.25, 0.3) is 10.1 Å². The predicted molar refractivity (Wildman–Crippen MR) is 47.2 cm³/mol. The molecular formula is C8H9O5S. The third-order valence-corrected chi connectivity index (χ3v) is 2.66. The number of hydrogen-bond donors (Lipinski definition) is 1. The van der Waals surface area contributed by atoms with Crippen molar-refractivity contribution in [3.8, 4) is 5.75 Å². The summed E-state index contributed by atoms with van der Waals surface area (Å²) in [7, 11) is -2.93. The SMILES string of the molecule is COc1ccc(S(=O)(=O)O)c(C[O])c1. The lowest BCUT2D eigenvalue weighted by molar-refractivity contribution is 0.174. The van der Waals surface area contributed by atoms with Gasteiger partial charge in [0.2, 0.25) is 0 Å². The van der Waals surface area contributed by atoms with Gasteiger partial charge in [-0.3, -0.25) is 4.55 Å². The Morgan fingerprint density at radius 2 is 2.07 bits per heavy atom. The second-order valence-electron chi connectivity index (χ2n) is 2.59. The molecule has 0 atom stereocenters. The van der Waals surface area contributed by atoms with E-state index in [1.807, 2.05) is 0 Å². The lowest BCUT2D eigenvalue weighted by Crippen LogP contribution is -2.03. The van der Waals surface area contributed by atoms with E-state index in [1.54, 1.807) is 0 Å². The first-order valence-corrected chi connectivity index (χ1v) is 5.15. The van der Waals surface area contributed by atoms with Crippen LogP contribution in [0, 0.1) is 0 Å². The minimum Gasteiger partial charge on any atom is -0.497 e. The van der Waals surface area contributed by atoms with Crippen LogP contribution in [0.3, 0.4) is 0 Å². The molecule has 0 aliphatic heterocycles. The Labute approximate surface area is 81.7 Å². The Kier molecular flexibility index (Phi) is 3.10. The van der Waals surface area contributed by atoms with Crippen LogP contribution in [0.1, 0.15) is 5.56 Å². The minimum atomic E-state index is -4.33. The molecular weight excluding hydrogens is 208 g/mol. The lowest BCUT2D eigenvalue weighted by atomic mass is 10.2. The average Bonchev–Trinajstić information content (AvgIpc) is 2.15. The summed E-state index contributed by atoms with van der Waals surface area (Å²) in [6.07, 6.45) is 0.